The number of nitriles is 3. The topological polar surface area (TPSA) is 83.8 Å². The van der Waals surface area contributed by atoms with E-state index in [1.165, 1.54) is 44.2 Å². The van der Waals surface area contributed by atoms with Crippen LogP contribution in [0.15, 0.2) is 41.2 Å². The summed E-state index contributed by atoms with van der Waals surface area (Å²) in [6, 6.07) is 14.1. The van der Waals surface area contributed by atoms with Gasteiger partial charge in [0.05, 0.1) is 0 Å². The fourth-order valence-corrected chi connectivity index (χ4v) is 3.99. The third-order valence-electron chi connectivity index (χ3n) is 5.58. The quantitative estimate of drug-likeness (QED) is 0.332. The molecule has 5 heteroatoms. The van der Waals surface area contributed by atoms with E-state index in [1.807, 2.05) is 38.1 Å². The van der Waals surface area contributed by atoms with Crippen molar-refractivity contribution in [3.8, 4) is 18.2 Å². The Kier molecular flexibility index (Phi) is 8.72. The summed E-state index contributed by atoms with van der Waals surface area (Å²) in [4.78, 5) is 2.44. The molecule has 0 unspecified atom stereocenters. The van der Waals surface area contributed by atoms with E-state index in [2.05, 4.69) is 36.9 Å². The van der Waals surface area contributed by atoms with E-state index in [4.69, 9.17) is 4.74 Å². The van der Waals surface area contributed by atoms with Crippen LogP contribution in [0.4, 0.5) is 5.69 Å². The van der Waals surface area contributed by atoms with Crippen LogP contribution in [0.25, 0.3) is 5.57 Å². The number of benzene rings is 1. The van der Waals surface area contributed by atoms with Crippen molar-refractivity contribution in [1.29, 1.82) is 15.8 Å². The minimum Gasteiger partial charge on any atom is -0.480 e. The van der Waals surface area contributed by atoms with Gasteiger partial charge in [-0.3, -0.25) is 0 Å². The summed E-state index contributed by atoms with van der Waals surface area (Å²) in [6.07, 6.45) is 7.20. The van der Waals surface area contributed by atoms with Gasteiger partial charge >= 0.3 is 0 Å². The minimum absolute atomic E-state index is 0.0809. The average Bonchev–Trinajstić information content (AvgIpc) is 3.04. The minimum atomic E-state index is -0.803. The van der Waals surface area contributed by atoms with Crippen molar-refractivity contribution in [2.24, 2.45) is 0 Å². The van der Waals surface area contributed by atoms with Crippen LogP contribution < -0.4 is 4.90 Å². The Bertz CT molecular complexity index is 923. The number of hydrogen-bond acceptors (Lipinski definition) is 5. The molecule has 1 aromatic carbocycles. The maximum Gasteiger partial charge on any atom is 0.172 e. The molecule has 0 amide bonds. The zero-order valence-corrected chi connectivity index (χ0v) is 19.2. The first-order chi connectivity index (χ1) is 14.9. The van der Waals surface area contributed by atoms with Crippen molar-refractivity contribution < 1.29 is 4.74 Å². The van der Waals surface area contributed by atoms with Crippen LogP contribution in [-0.4, -0.2) is 18.7 Å². The van der Waals surface area contributed by atoms with Gasteiger partial charge in [0.25, 0.3) is 0 Å². The standard InChI is InChI=1S/C26H32N4O/c1-5-7-9-15-30(16-10-8-6-2)22-13-11-20(12-14-22)24-23(19-29)25(21(17-27)18-28)31-26(24,3)4/h11-14H,5-10,15-16H2,1-4H3. The molecule has 1 aliphatic heterocycles. The van der Waals surface area contributed by atoms with E-state index in [9.17, 15) is 15.8 Å². The Balaban J connectivity index is 2.40. The summed E-state index contributed by atoms with van der Waals surface area (Å²) in [5.41, 5.74) is 2.05. The molecule has 0 saturated carbocycles. The van der Waals surface area contributed by atoms with Gasteiger partial charge in [-0.2, -0.15) is 15.8 Å². The summed E-state index contributed by atoms with van der Waals surface area (Å²) in [5.74, 6) is 0.0809. The zero-order chi connectivity index (χ0) is 22.9. The van der Waals surface area contributed by atoms with Gasteiger partial charge in [-0.25, -0.2) is 0 Å². The first kappa shape index (κ1) is 24.0. The molecule has 0 fully saturated rings. The van der Waals surface area contributed by atoms with E-state index >= 15 is 0 Å². The summed E-state index contributed by atoms with van der Waals surface area (Å²) in [7, 11) is 0. The second-order valence-corrected chi connectivity index (χ2v) is 8.35. The molecule has 0 N–H and O–H groups in total. The molecule has 0 radical (unpaired) electrons. The molecule has 0 atom stereocenters. The zero-order valence-electron chi connectivity index (χ0n) is 19.2. The first-order valence-corrected chi connectivity index (χ1v) is 11.2. The molecule has 1 aliphatic rings. The number of hydrogen-bond donors (Lipinski definition) is 0. The number of allylic oxidation sites excluding steroid dienone is 2. The summed E-state index contributed by atoms with van der Waals surface area (Å²) in [6.45, 7) is 10.2. The van der Waals surface area contributed by atoms with Crippen LogP contribution in [0.2, 0.25) is 0 Å². The molecule has 0 aliphatic carbocycles. The van der Waals surface area contributed by atoms with E-state index < -0.39 is 5.60 Å². The second kappa shape index (κ2) is 11.2. The van der Waals surface area contributed by atoms with Crippen molar-refractivity contribution in [2.45, 2.75) is 71.8 Å². The molecule has 2 rings (SSSR count). The maximum atomic E-state index is 9.78. The molecule has 0 bridgehead atoms. The lowest BCUT2D eigenvalue weighted by Crippen LogP contribution is -2.26. The van der Waals surface area contributed by atoms with Crippen LogP contribution in [0.5, 0.6) is 0 Å². The van der Waals surface area contributed by atoms with Gasteiger partial charge in [0.15, 0.2) is 11.3 Å². The lowest BCUT2D eigenvalue weighted by atomic mass is 9.89. The smallest absolute Gasteiger partial charge is 0.172 e. The van der Waals surface area contributed by atoms with Crippen molar-refractivity contribution in [1.82, 2.24) is 0 Å². The van der Waals surface area contributed by atoms with E-state index in [-0.39, 0.29) is 16.9 Å². The van der Waals surface area contributed by atoms with Crippen LogP contribution >= 0.6 is 0 Å². The third-order valence-corrected chi connectivity index (χ3v) is 5.58. The number of ether oxygens (including phenoxy) is 1. The maximum absolute atomic E-state index is 9.78. The summed E-state index contributed by atoms with van der Waals surface area (Å²) < 4.78 is 5.90. The van der Waals surface area contributed by atoms with Crippen molar-refractivity contribution in [3.63, 3.8) is 0 Å². The monoisotopic (exact) mass is 416 g/mol. The predicted molar refractivity (Wildman–Crippen MR) is 124 cm³/mol. The largest absolute Gasteiger partial charge is 0.480 e. The molecular formula is C26H32N4O. The molecule has 0 aromatic heterocycles. The van der Waals surface area contributed by atoms with Crippen LogP contribution in [-0.2, 0) is 4.74 Å². The highest BCUT2D eigenvalue weighted by Crippen LogP contribution is 2.45. The normalized spacial score (nSPS) is 14.4. The predicted octanol–water partition coefficient (Wildman–Crippen LogP) is 6.26. The molecule has 5 nitrogen and oxygen atoms in total. The first-order valence-electron chi connectivity index (χ1n) is 11.2. The van der Waals surface area contributed by atoms with Crippen LogP contribution in [0.3, 0.4) is 0 Å². The van der Waals surface area contributed by atoms with E-state index in [0.717, 1.165) is 18.7 Å². The van der Waals surface area contributed by atoms with Gasteiger partial charge in [0.2, 0.25) is 0 Å². The summed E-state index contributed by atoms with van der Waals surface area (Å²) in [5, 5.41) is 28.3. The van der Waals surface area contributed by atoms with Gasteiger partial charge in [-0.15, -0.1) is 0 Å². The second-order valence-electron chi connectivity index (χ2n) is 8.35. The number of rotatable bonds is 10. The van der Waals surface area contributed by atoms with Crippen LogP contribution in [0.1, 0.15) is 71.8 Å². The third kappa shape index (κ3) is 5.68. The summed E-state index contributed by atoms with van der Waals surface area (Å²) >= 11 is 0. The SMILES string of the molecule is CCCCCN(CCCCC)c1ccc(C2=C(C#N)C(=C(C#N)C#N)OC2(C)C)cc1. The Labute approximate surface area is 186 Å². The van der Waals surface area contributed by atoms with E-state index in [0.29, 0.717) is 5.57 Å². The Morgan fingerprint density at radius 2 is 1.45 bits per heavy atom. The highest BCUT2D eigenvalue weighted by molar-refractivity contribution is 5.84. The molecule has 0 saturated heterocycles. The molecule has 162 valence electrons. The number of nitrogens with zero attached hydrogens (tertiary/aromatic N) is 4. The van der Waals surface area contributed by atoms with Crippen molar-refractivity contribution in [2.75, 3.05) is 18.0 Å². The average molecular weight is 417 g/mol. The lowest BCUT2D eigenvalue weighted by Gasteiger charge is -2.26. The molecule has 1 aromatic rings. The van der Waals surface area contributed by atoms with Gasteiger partial charge in [-0.05, 0) is 44.4 Å². The highest BCUT2D eigenvalue weighted by atomic mass is 16.5. The molecule has 1 heterocycles. The highest BCUT2D eigenvalue weighted by Gasteiger charge is 2.40. The van der Waals surface area contributed by atoms with Gasteiger partial charge < -0.3 is 9.64 Å². The van der Waals surface area contributed by atoms with Gasteiger partial charge in [0, 0.05) is 24.4 Å². The number of anilines is 1. The molecule has 31 heavy (non-hydrogen) atoms. The van der Waals surface area contributed by atoms with E-state index in [1.54, 1.807) is 0 Å². The number of unbranched alkanes of at least 4 members (excludes halogenated alkanes) is 4. The molecular weight excluding hydrogens is 384 g/mol. The van der Waals surface area contributed by atoms with Gasteiger partial charge in [0.1, 0.15) is 29.4 Å². The Morgan fingerprint density at radius 1 is 0.903 bits per heavy atom. The van der Waals surface area contributed by atoms with Crippen molar-refractivity contribution in [3.05, 3.63) is 46.7 Å². The fraction of sp³-hybridized carbons (Fsp3) is 0.500. The van der Waals surface area contributed by atoms with Crippen molar-refractivity contribution >= 4 is 11.3 Å². The lowest BCUT2D eigenvalue weighted by molar-refractivity contribution is 0.109. The Morgan fingerprint density at radius 3 is 1.90 bits per heavy atom. The van der Waals surface area contributed by atoms with Crippen LogP contribution in [0, 0.1) is 34.0 Å². The Hall–Kier alpha value is -3.23. The fourth-order valence-electron chi connectivity index (χ4n) is 3.99. The molecule has 0 spiro atoms. The van der Waals surface area contributed by atoms with Gasteiger partial charge in [-0.1, -0.05) is 51.7 Å².